The maximum absolute atomic E-state index is 11.8. The third-order valence-electron chi connectivity index (χ3n) is 2.92. The predicted molar refractivity (Wildman–Crippen MR) is 79.0 cm³/mol. The molecule has 2 aromatic rings. The van der Waals surface area contributed by atoms with Gasteiger partial charge in [-0.2, -0.15) is 5.10 Å². The smallest absolute Gasteiger partial charge is 0.239 e. The highest BCUT2D eigenvalue weighted by Gasteiger charge is 2.15. The van der Waals surface area contributed by atoms with E-state index in [9.17, 15) is 4.79 Å². The largest absolute Gasteiger partial charge is 0.394 e. The van der Waals surface area contributed by atoms with Crippen LogP contribution in [0.4, 0.5) is 5.82 Å². The Morgan fingerprint density at radius 3 is 2.90 bits per heavy atom. The average molecular weight is 292 g/mol. The molecule has 0 aliphatic carbocycles. The number of fused-ring (bicyclic) bond motifs is 1. The summed E-state index contributed by atoms with van der Waals surface area (Å²) in [5, 5.41) is 16.8. The lowest BCUT2D eigenvalue weighted by Gasteiger charge is -2.19. The van der Waals surface area contributed by atoms with Crippen LogP contribution in [0, 0.1) is 0 Å². The Labute approximate surface area is 122 Å². The Kier molecular flexibility index (Phi) is 4.69. The highest BCUT2D eigenvalue weighted by molar-refractivity contribution is 5.89. The van der Waals surface area contributed by atoms with E-state index in [1.54, 1.807) is 22.8 Å². The fourth-order valence-corrected chi connectivity index (χ4v) is 2.10. The molecule has 114 valence electrons. The molecule has 2 N–H and O–H groups in total. The number of aliphatic hydroxyl groups excluding tert-OH is 1. The number of nitrogens with zero attached hydrogens (tertiary/aromatic N) is 5. The molecule has 0 bridgehead atoms. The zero-order valence-electron chi connectivity index (χ0n) is 12.4. The number of carbonyl (C=O) groups is 1. The van der Waals surface area contributed by atoms with Crippen molar-refractivity contribution in [2.24, 2.45) is 0 Å². The first-order valence-corrected chi connectivity index (χ1v) is 6.80. The second-order valence-corrected chi connectivity index (χ2v) is 5.10. The van der Waals surface area contributed by atoms with Crippen molar-refractivity contribution in [2.75, 3.05) is 25.1 Å². The van der Waals surface area contributed by atoms with Crippen LogP contribution < -0.4 is 10.2 Å². The number of rotatable bonds is 6. The van der Waals surface area contributed by atoms with E-state index < -0.39 is 0 Å². The minimum atomic E-state index is -0.0676. The molecular formula is C13H20N6O2. The minimum absolute atomic E-state index is 0.0112. The topological polar surface area (TPSA) is 96.2 Å². The molecule has 0 unspecified atom stereocenters. The van der Waals surface area contributed by atoms with Crippen LogP contribution in [0.5, 0.6) is 0 Å². The van der Waals surface area contributed by atoms with E-state index in [1.165, 1.54) is 6.33 Å². The number of hydrogen-bond acceptors (Lipinski definition) is 6. The number of hydrogen-bond donors (Lipinski definition) is 2. The average Bonchev–Trinajstić information content (AvgIpc) is 2.81. The first kappa shape index (κ1) is 15.2. The molecular weight excluding hydrogens is 272 g/mol. The quantitative estimate of drug-likeness (QED) is 0.764. The van der Waals surface area contributed by atoms with E-state index >= 15 is 0 Å². The summed E-state index contributed by atoms with van der Waals surface area (Å²) >= 11 is 0. The van der Waals surface area contributed by atoms with Crippen molar-refractivity contribution in [2.45, 2.75) is 26.4 Å². The third-order valence-corrected chi connectivity index (χ3v) is 2.92. The fraction of sp³-hybridized carbons (Fsp3) is 0.538. The summed E-state index contributed by atoms with van der Waals surface area (Å²) in [6, 6.07) is 0.101. The lowest BCUT2D eigenvalue weighted by atomic mass is 10.3. The summed E-state index contributed by atoms with van der Waals surface area (Å²) in [6.45, 7) is 4.40. The van der Waals surface area contributed by atoms with Crippen LogP contribution in [-0.2, 0) is 11.3 Å². The highest BCUT2D eigenvalue weighted by Crippen LogP contribution is 2.21. The maximum Gasteiger partial charge on any atom is 0.239 e. The number of likely N-dealkylation sites (N-methyl/N-ethyl adjacent to an activating group) is 1. The van der Waals surface area contributed by atoms with E-state index in [0.29, 0.717) is 18.0 Å². The Morgan fingerprint density at radius 1 is 1.48 bits per heavy atom. The molecule has 0 atom stereocenters. The molecule has 2 aromatic heterocycles. The fourth-order valence-electron chi connectivity index (χ4n) is 2.10. The van der Waals surface area contributed by atoms with Crippen LogP contribution in [-0.4, -0.2) is 57.0 Å². The summed E-state index contributed by atoms with van der Waals surface area (Å²) in [7, 11) is 1.80. The van der Waals surface area contributed by atoms with Gasteiger partial charge in [0.1, 0.15) is 12.1 Å². The molecule has 0 saturated heterocycles. The highest BCUT2D eigenvalue weighted by atomic mass is 16.3. The van der Waals surface area contributed by atoms with E-state index in [2.05, 4.69) is 20.4 Å². The molecule has 1 amide bonds. The summed E-state index contributed by atoms with van der Waals surface area (Å²) in [5.41, 5.74) is 0.644. The van der Waals surface area contributed by atoms with E-state index in [-0.39, 0.29) is 25.1 Å². The molecule has 0 spiro atoms. The van der Waals surface area contributed by atoms with Crippen LogP contribution in [0.2, 0.25) is 0 Å². The van der Waals surface area contributed by atoms with Gasteiger partial charge in [-0.1, -0.05) is 0 Å². The first-order chi connectivity index (χ1) is 10.0. The SMILES string of the molecule is CC(C)NC(=O)CN(C)c1ncnc2c1cnn2CCO. The number of carbonyl (C=O) groups excluding carboxylic acids is 1. The second kappa shape index (κ2) is 6.49. The molecule has 2 rings (SSSR count). The molecule has 0 radical (unpaired) electrons. The van der Waals surface area contributed by atoms with Crippen molar-refractivity contribution < 1.29 is 9.90 Å². The second-order valence-electron chi connectivity index (χ2n) is 5.10. The van der Waals surface area contributed by atoms with Crippen molar-refractivity contribution in [3.05, 3.63) is 12.5 Å². The van der Waals surface area contributed by atoms with Crippen LogP contribution in [0.1, 0.15) is 13.8 Å². The standard InChI is InChI=1S/C13H20N6O2/c1-9(2)17-11(21)7-18(3)12-10-6-16-19(4-5-20)13(10)15-8-14-12/h6,8-9,20H,4-5,7H2,1-3H3,(H,17,21). The van der Waals surface area contributed by atoms with Gasteiger partial charge >= 0.3 is 0 Å². The summed E-state index contributed by atoms with van der Waals surface area (Å²) in [6.07, 6.45) is 3.08. The van der Waals surface area contributed by atoms with Gasteiger partial charge in [0.05, 0.1) is 31.3 Å². The first-order valence-electron chi connectivity index (χ1n) is 6.80. The summed E-state index contributed by atoms with van der Waals surface area (Å²) < 4.78 is 1.61. The Bertz CT molecular complexity index is 624. The molecule has 8 heteroatoms. The zero-order valence-corrected chi connectivity index (χ0v) is 12.4. The number of aliphatic hydroxyl groups is 1. The molecule has 8 nitrogen and oxygen atoms in total. The van der Waals surface area contributed by atoms with E-state index in [0.717, 1.165) is 5.39 Å². The van der Waals surface area contributed by atoms with Crippen molar-refractivity contribution in [3.63, 3.8) is 0 Å². The Balaban J connectivity index is 2.23. The van der Waals surface area contributed by atoms with Crippen molar-refractivity contribution >= 4 is 22.8 Å². The van der Waals surface area contributed by atoms with Crippen LogP contribution >= 0.6 is 0 Å². The molecule has 0 fully saturated rings. The summed E-state index contributed by atoms with van der Waals surface area (Å²) in [4.78, 5) is 22.0. The Hall–Kier alpha value is -2.22. The molecule has 0 saturated carbocycles. The van der Waals surface area contributed by atoms with Gasteiger partial charge in [0, 0.05) is 13.1 Å². The van der Waals surface area contributed by atoms with Crippen LogP contribution in [0.25, 0.3) is 11.0 Å². The summed E-state index contributed by atoms with van der Waals surface area (Å²) in [5.74, 6) is 0.574. The molecule has 2 heterocycles. The van der Waals surface area contributed by atoms with Gasteiger partial charge in [0.25, 0.3) is 0 Å². The van der Waals surface area contributed by atoms with Gasteiger partial charge in [-0.15, -0.1) is 0 Å². The van der Waals surface area contributed by atoms with Gasteiger partial charge in [-0.25, -0.2) is 14.6 Å². The maximum atomic E-state index is 11.8. The number of amides is 1. The number of nitrogens with one attached hydrogen (secondary N) is 1. The van der Waals surface area contributed by atoms with Crippen molar-refractivity contribution in [1.29, 1.82) is 0 Å². The van der Waals surface area contributed by atoms with Crippen LogP contribution in [0.3, 0.4) is 0 Å². The Morgan fingerprint density at radius 2 is 2.24 bits per heavy atom. The lowest BCUT2D eigenvalue weighted by Crippen LogP contribution is -2.38. The molecule has 0 aliphatic rings. The molecule has 21 heavy (non-hydrogen) atoms. The van der Waals surface area contributed by atoms with Crippen molar-refractivity contribution in [3.8, 4) is 0 Å². The number of aromatic nitrogens is 4. The minimum Gasteiger partial charge on any atom is -0.394 e. The van der Waals surface area contributed by atoms with E-state index in [4.69, 9.17) is 5.11 Å². The van der Waals surface area contributed by atoms with Gasteiger partial charge < -0.3 is 15.3 Å². The monoisotopic (exact) mass is 292 g/mol. The molecule has 0 aliphatic heterocycles. The van der Waals surface area contributed by atoms with Crippen LogP contribution in [0.15, 0.2) is 12.5 Å². The van der Waals surface area contributed by atoms with Gasteiger partial charge in [0.2, 0.25) is 5.91 Å². The normalized spacial score (nSPS) is 11.1. The van der Waals surface area contributed by atoms with Gasteiger partial charge in [-0.05, 0) is 13.8 Å². The molecule has 0 aromatic carbocycles. The number of anilines is 1. The van der Waals surface area contributed by atoms with E-state index in [1.807, 2.05) is 13.8 Å². The third kappa shape index (κ3) is 3.46. The van der Waals surface area contributed by atoms with Gasteiger partial charge in [-0.3, -0.25) is 4.79 Å². The predicted octanol–water partition coefficient (Wildman–Crippen LogP) is -0.221. The van der Waals surface area contributed by atoms with Crippen molar-refractivity contribution in [1.82, 2.24) is 25.1 Å². The zero-order chi connectivity index (χ0) is 15.4. The van der Waals surface area contributed by atoms with Gasteiger partial charge in [0.15, 0.2) is 5.65 Å². The lowest BCUT2D eigenvalue weighted by molar-refractivity contribution is -0.120.